The number of amides is 1. The van der Waals surface area contributed by atoms with E-state index in [1.54, 1.807) is 55.6 Å². The van der Waals surface area contributed by atoms with Gasteiger partial charge in [-0.3, -0.25) is 4.79 Å². The number of aromatic nitrogens is 2. The molecule has 0 radical (unpaired) electrons. The first-order valence-electron chi connectivity index (χ1n) is 9.44. The zero-order valence-electron chi connectivity index (χ0n) is 16.6. The van der Waals surface area contributed by atoms with Gasteiger partial charge in [0.2, 0.25) is 5.88 Å². The third kappa shape index (κ3) is 4.84. The van der Waals surface area contributed by atoms with Crippen LogP contribution in [0.5, 0.6) is 17.4 Å². The van der Waals surface area contributed by atoms with E-state index in [0.717, 1.165) is 5.56 Å². The number of carbonyl (C=O) groups excluding carboxylic acids is 1. The number of para-hydroxylation sites is 2. The molecule has 0 aliphatic heterocycles. The Labute approximate surface area is 178 Å². The summed E-state index contributed by atoms with van der Waals surface area (Å²) >= 11 is 0. The number of hydrogen-bond donors (Lipinski definition) is 1. The number of ether oxygens (including phenoxy) is 2. The topological polar surface area (TPSA) is 73.3 Å². The summed E-state index contributed by atoms with van der Waals surface area (Å²) < 4.78 is 23.8. The number of carbonyl (C=O) groups is 1. The van der Waals surface area contributed by atoms with Crippen molar-refractivity contribution >= 4 is 11.6 Å². The number of anilines is 1. The fourth-order valence-corrected chi connectivity index (χ4v) is 2.89. The van der Waals surface area contributed by atoms with E-state index < -0.39 is 0 Å². The molecule has 0 fully saturated rings. The molecule has 4 aromatic rings. The normalized spacial score (nSPS) is 10.4. The highest BCUT2D eigenvalue weighted by Gasteiger charge is 2.10. The molecule has 1 N–H and O–H groups in total. The first-order valence-corrected chi connectivity index (χ1v) is 9.44. The maximum atomic E-state index is 13.0. The SMILES string of the molecule is COc1ccccc1NC(=O)c1ccc(-c2ccc(Oc3ccc(F)cc3)nn2)cc1. The van der Waals surface area contributed by atoms with Crippen LogP contribution in [0.25, 0.3) is 11.3 Å². The van der Waals surface area contributed by atoms with Gasteiger partial charge in [-0.25, -0.2) is 4.39 Å². The molecule has 0 aliphatic rings. The number of halogens is 1. The Morgan fingerprint density at radius 1 is 0.871 bits per heavy atom. The number of methoxy groups -OCH3 is 1. The summed E-state index contributed by atoms with van der Waals surface area (Å²) in [4.78, 5) is 12.5. The average molecular weight is 415 g/mol. The maximum absolute atomic E-state index is 13.0. The predicted octanol–water partition coefficient (Wildman–Crippen LogP) is 5.34. The van der Waals surface area contributed by atoms with E-state index in [4.69, 9.17) is 9.47 Å². The lowest BCUT2D eigenvalue weighted by Gasteiger charge is -2.10. The van der Waals surface area contributed by atoms with Crippen molar-refractivity contribution < 1.29 is 18.7 Å². The minimum atomic E-state index is -0.339. The molecule has 0 spiro atoms. The summed E-state index contributed by atoms with van der Waals surface area (Å²) in [7, 11) is 1.55. The van der Waals surface area contributed by atoms with Crippen LogP contribution in [0.15, 0.2) is 84.9 Å². The van der Waals surface area contributed by atoms with Crippen molar-refractivity contribution in [3.05, 3.63) is 96.3 Å². The molecular weight excluding hydrogens is 397 g/mol. The quantitative estimate of drug-likeness (QED) is 0.460. The summed E-state index contributed by atoms with van der Waals surface area (Å²) in [5.41, 5.74) is 2.53. The van der Waals surface area contributed by atoms with Crippen molar-refractivity contribution in [3.63, 3.8) is 0 Å². The maximum Gasteiger partial charge on any atom is 0.255 e. The number of benzene rings is 3. The zero-order chi connectivity index (χ0) is 21.6. The lowest BCUT2D eigenvalue weighted by atomic mass is 10.1. The Balaban J connectivity index is 1.44. The van der Waals surface area contributed by atoms with Gasteiger partial charge in [0.25, 0.3) is 5.91 Å². The fraction of sp³-hybridized carbons (Fsp3) is 0.0417. The van der Waals surface area contributed by atoms with Crippen molar-refractivity contribution in [1.29, 1.82) is 0 Å². The Bertz CT molecular complexity index is 1180. The van der Waals surface area contributed by atoms with Gasteiger partial charge in [-0.15, -0.1) is 10.2 Å². The van der Waals surface area contributed by atoms with E-state index in [9.17, 15) is 9.18 Å². The van der Waals surface area contributed by atoms with Gasteiger partial charge in [-0.1, -0.05) is 24.3 Å². The van der Waals surface area contributed by atoms with Crippen LogP contribution >= 0.6 is 0 Å². The van der Waals surface area contributed by atoms with Gasteiger partial charge in [-0.2, -0.15) is 0 Å². The van der Waals surface area contributed by atoms with Crippen molar-refractivity contribution in [2.45, 2.75) is 0 Å². The second kappa shape index (κ2) is 9.04. The summed E-state index contributed by atoms with van der Waals surface area (Å²) in [5, 5.41) is 11.0. The van der Waals surface area contributed by atoms with E-state index >= 15 is 0 Å². The van der Waals surface area contributed by atoms with Crippen molar-refractivity contribution in [2.75, 3.05) is 12.4 Å². The van der Waals surface area contributed by atoms with Crippen LogP contribution in [-0.2, 0) is 0 Å². The van der Waals surface area contributed by atoms with E-state index in [1.807, 2.05) is 12.1 Å². The lowest BCUT2D eigenvalue weighted by Crippen LogP contribution is -2.12. The van der Waals surface area contributed by atoms with Crippen LogP contribution in [0.1, 0.15) is 10.4 Å². The van der Waals surface area contributed by atoms with E-state index in [0.29, 0.717) is 34.3 Å². The highest BCUT2D eigenvalue weighted by molar-refractivity contribution is 6.05. The van der Waals surface area contributed by atoms with Crippen LogP contribution in [0.2, 0.25) is 0 Å². The van der Waals surface area contributed by atoms with Gasteiger partial charge in [0.1, 0.15) is 17.3 Å². The number of nitrogens with one attached hydrogen (secondary N) is 1. The van der Waals surface area contributed by atoms with E-state index in [1.165, 1.54) is 24.3 Å². The van der Waals surface area contributed by atoms with Gasteiger partial charge < -0.3 is 14.8 Å². The Kier molecular flexibility index (Phi) is 5.84. The molecule has 1 amide bonds. The molecule has 1 aromatic heterocycles. The van der Waals surface area contributed by atoms with Crippen LogP contribution in [0.3, 0.4) is 0 Å². The third-order valence-corrected chi connectivity index (χ3v) is 4.47. The van der Waals surface area contributed by atoms with Crippen molar-refractivity contribution in [2.24, 2.45) is 0 Å². The zero-order valence-corrected chi connectivity index (χ0v) is 16.6. The monoisotopic (exact) mass is 415 g/mol. The molecule has 7 heteroatoms. The molecule has 31 heavy (non-hydrogen) atoms. The van der Waals surface area contributed by atoms with Crippen molar-refractivity contribution in [1.82, 2.24) is 10.2 Å². The van der Waals surface area contributed by atoms with E-state index in [2.05, 4.69) is 15.5 Å². The van der Waals surface area contributed by atoms with Crippen molar-refractivity contribution in [3.8, 4) is 28.6 Å². The standard InChI is InChI=1S/C24H18FN3O3/c1-30-22-5-3-2-4-21(22)26-24(29)17-8-6-16(7-9-17)20-14-15-23(28-27-20)31-19-12-10-18(25)11-13-19/h2-15H,1H3,(H,26,29). The Hall–Kier alpha value is -4.26. The van der Waals surface area contributed by atoms with Crippen LogP contribution in [0, 0.1) is 5.82 Å². The molecule has 154 valence electrons. The molecule has 4 rings (SSSR count). The first-order chi connectivity index (χ1) is 15.1. The van der Waals surface area contributed by atoms with Gasteiger partial charge in [0.05, 0.1) is 18.5 Å². The van der Waals surface area contributed by atoms with E-state index in [-0.39, 0.29) is 11.7 Å². The van der Waals surface area contributed by atoms with Gasteiger partial charge in [0.15, 0.2) is 0 Å². The summed E-state index contributed by atoms with van der Waals surface area (Å²) in [5.74, 6) is 0.765. The number of nitrogens with zero attached hydrogens (tertiary/aromatic N) is 2. The lowest BCUT2D eigenvalue weighted by molar-refractivity contribution is 0.102. The molecule has 0 saturated carbocycles. The van der Waals surface area contributed by atoms with Crippen LogP contribution in [-0.4, -0.2) is 23.2 Å². The minimum Gasteiger partial charge on any atom is -0.495 e. The molecule has 0 saturated heterocycles. The summed E-state index contributed by atoms with van der Waals surface area (Å²) in [6.07, 6.45) is 0. The molecule has 0 aliphatic carbocycles. The summed E-state index contributed by atoms with van der Waals surface area (Å²) in [6.45, 7) is 0. The number of rotatable bonds is 6. The smallest absolute Gasteiger partial charge is 0.255 e. The van der Waals surface area contributed by atoms with Crippen LogP contribution < -0.4 is 14.8 Å². The second-order valence-electron chi connectivity index (χ2n) is 6.54. The Morgan fingerprint density at radius 3 is 2.29 bits per heavy atom. The largest absolute Gasteiger partial charge is 0.495 e. The first kappa shape index (κ1) is 20.0. The Morgan fingerprint density at radius 2 is 1.61 bits per heavy atom. The summed E-state index contributed by atoms with van der Waals surface area (Å²) in [6, 6.07) is 23.3. The minimum absolute atomic E-state index is 0.245. The highest BCUT2D eigenvalue weighted by atomic mass is 19.1. The molecular formula is C24H18FN3O3. The predicted molar refractivity (Wildman–Crippen MR) is 115 cm³/mol. The van der Waals surface area contributed by atoms with Gasteiger partial charge in [-0.05, 0) is 54.6 Å². The van der Waals surface area contributed by atoms with Gasteiger partial charge in [0, 0.05) is 17.2 Å². The molecule has 0 unspecified atom stereocenters. The number of hydrogen-bond acceptors (Lipinski definition) is 5. The molecule has 0 atom stereocenters. The molecule has 3 aromatic carbocycles. The third-order valence-electron chi connectivity index (χ3n) is 4.47. The van der Waals surface area contributed by atoms with Gasteiger partial charge >= 0.3 is 0 Å². The highest BCUT2D eigenvalue weighted by Crippen LogP contribution is 2.25. The van der Waals surface area contributed by atoms with Crippen LogP contribution in [0.4, 0.5) is 10.1 Å². The molecule has 1 heterocycles. The fourth-order valence-electron chi connectivity index (χ4n) is 2.89. The molecule has 6 nitrogen and oxygen atoms in total. The molecule has 0 bridgehead atoms. The average Bonchev–Trinajstić information content (AvgIpc) is 2.81. The second-order valence-corrected chi connectivity index (χ2v) is 6.54.